The summed E-state index contributed by atoms with van der Waals surface area (Å²) in [6.07, 6.45) is 3.76. The number of benzene rings is 10. The van der Waals surface area contributed by atoms with E-state index in [9.17, 15) is 0 Å². The molecule has 3 aromatic heterocycles. The highest BCUT2D eigenvalue weighted by atomic mass is 32.1. The molecule has 16 rings (SSSR count). The molecular weight excluding hydrogens is 897 g/mol. The zero-order valence-corrected chi connectivity index (χ0v) is 39.6. The van der Waals surface area contributed by atoms with Gasteiger partial charge in [-0.05, 0) is 117 Å². The molecule has 0 fully saturated rings. The van der Waals surface area contributed by atoms with Gasteiger partial charge in [-0.25, -0.2) is 9.98 Å². The minimum Gasteiger partial charge on any atom is -0.456 e. The van der Waals surface area contributed by atoms with E-state index >= 15 is 0 Å². The molecule has 0 unspecified atom stereocenters. The fourth-order valence-corrected chi connectivity index (χ4v) is 13.8. The number of furan rings is 2. The summed E-state index contributed by atoms with van der Waals surface area (Å²) in [5, 5.41) is 6.66. The fourth-order valence-electron chi connectivity index (χ4n) is 12.6. The molecule has 1 aliphatic heterocycles. The van der Waals surface area contributed by atoms with Crippen LogP contribution < -0.4 is 0 Å². The molecule has 2 aliphatic carbocycles. The Bertz CT molecular complexity index is 4530. The second-order valence-electron chi connectivity index (χ2n) is 19.3. The third-order valence-electron chi connectivity index (χ3n) is 15.6. The number of hydrogen-bond acceptors (Lipinski definition) is 5. The van der Waals surface area contributed by atoms with Gasteiger partial charge in [0.25, 0.3) is 0 Å². The van der Waals surface area contributed by atoms with Crippen LogP contribution in [0, 0.1) is 0 Å². The van der Waals surface area contributed by atoms with E-state index < -0.39 is 5.41 Å². The SMILES string of the molecule is C1=C(c2cccc3c2oc2ccccc23)/N=C(c2cccc3oc4ccc(-c5ccc6c(c5)C5(c7ccccc7-c7ccccc75)c5ccccc5-6)cc4c23)\N=C(\c2cccc3sc4ccccc4c23)CC\1. The summed E-state index contributed by atoms with van der Waals surface area (Å²) in [4.78, 5) is 11.4. The Kier molecular flexibility index (Phi) is 8.34. The van der Waals surface area contributed by atoms with Gasteiger partial charge in [0.2, 0.25) is 0 Å². The van der Waals surface area contributed by atoms with Gasteiger partial charge in [0.15, 0.2) is 5.84 Å². The van der Waals surface area contributed by atoms with E-state index in [4.69, 9.17) is 18.8 Å². The second-order valence-corrected chi connectivity index (χ2v) is 20.4. The molecule has 0 bridgehead atoms. The lowest BCUT2D eigenvalue weighted by molar-refractivity contribution is 0.667. The Morgan fingerprint density at radius 1 is 0.389 bits per heavy atom. The van der Waals surface area contributed by atoms with Crippen molar-refractivity contribution in [1.82, 2.24) is 0 Å². The van der Waals surface area contributed by atoms with Crippen LogP contribution in [0.2, 0.25) is 0 Å². The molecular formula is C67H40N2O2S. The van der Waals surface area contributed by atoms with Gasteiger partial charge in [-0.3, -0.25) is 0 Å². The van der Waals surface area contributed by atoms with Gasteiger partial charge in [-0.1, -0.05) is 170 Å². The van der Waals surface area contributed by atoms with Crippen molar-refractivity contribution in [3.63, 3.8) is 0 Å². The zero-order chi connectivity index (χ0) is 47.1. The Labute approximate surface area is 418 Å². The van der Waals surface area contributed by atoms with Crippen LogP contribution in [0.1, 0.15) is 51.8 Å². The molecule has 3 aliphatic rings. The van der Waals surface area contributed by atoms with Crippen LogP contribution in [-0.4, -0.2) is 11.5 Å². The molecule has 0 N–H and O–H groups in total. The lowest BCUT2D eigenvalue weighted by Gasteiger charge is -2.30. The van der Waals surface area contributed by atoms with Crippen molar-refractivity contribution in [1.29, 1.82) is 0 Å². The summed E-state index contributed by atoms with van der Waals surface area (Å²) in [7, 11) is 0. The van der Waals surface area contributed by atoms with Crippen molar-refractivity contribution in [2.24, 2.45) is 9.98 Å². The predicted octanol–water partition coefficient (Wildman–Crippen LogP) is 17.9. The Balaban J connectivity index is 0.909. The molecule has 4 heterocycles. The van der Waals surface area contributed by atoms with Gasteiger partial charge in [0, 0.05) is 58.4 Å². The first-order valence-electron chi connectivity index (χ1n) is 24.8. The number of hydrogen-bond donors (Lipinski definition) is 0. The first-order valence-corrected chi connectivity index (χ1v) is 25.6. The molecule has 13 aromatic rings. The number of rotatable bonds is 4. The Morgan fingerprint density at radius 3 is 1.79 bits per heavy atom. The minimum atomic E-state index is -0.432. The number of thiophene rings is 1. The maximum atomic E-state index is 6.78. The maximum absolute atomic E-state index is 6.78. The molecule has 0 radical (unpaired) electrons. The van der Waals surface area contributed by atoms with Crippen LogP contribution in [0.25, 0.3) is 103 Å². The Morgan fingerprint density at radius 2 is 0.972 bits per heavy atom. The molecule has 0 saturated heterocycles. The molecule has 0 amide bonds. The summed E-state index contributed by atoms with van der Waals surface area (Å²) in [6.45, 7) is 0. The largest absolute Gasteiger partial charge is 0.456 e. The van der Waals surface area contributed by atoms with Crippen molar-refractivity contribution in [3.05, 3.63) is 257 Å². The van der Waals surface area contributed by atoms with Crippen LogP contribution in [-0.2, 0) is 5.41 Å². The topological polar surface area (TPSA) is 51.0 Å². The third kappa shape index (κ3) is 5.51. The van der Waals surface area contributed by atoms with Gasteiger partial charge in [-0.2, -0.15) is 0 Å². The van der Waals surface area contributed by atoms with Gasteiger partial charge >= 0.3 is 0 Å². The van der Waals surface area contributed by atoms with Crippen LogP contribution >= 0.6 is 11.3 Å². The third-order valence-corrected chi connectivity index (χ3v) is 16.8. The fraction of sp³-hybridized carbons (Fsp3) is 0.0448. The normalized spacial score (nSPS) is 16.8. The standard InChI is InChI=1S/C67H40N2O2S/c1-6-24-52-41(15-1)42-16-2-7-25-53(42)67(52)54-26-8-3-17-43(54)44-35-33-40(38-55(44)67)39-34-36-59-51(37-39)63-50(23-12-30-60(63)70-59)66-68-56(47-21-13-32-62-64(47)49-19-5-10-31-61(49)72-62)27-14-28-57(69-66)48-22-11-20-46-45-18-4-9-29-58(45)71-65(46)48/h1-13,15-26,28-38H,14,27H2/b57-28-,68-56+,69-66-. The maximum Gasteiger partial charge on any atom is 0.160 e. The van der Waals surface area contributed by atoms with E-state index in [1.807, 2.05) is 23.5 Å². The number of aliphatic imine (C=N–C) groups is 2. The number of allylic oxidation sites excluding steroid dienone is 1. The lowest BCUT2D eigenvalue weighted by Crippen LogP contribution is -2.25. The summed E-state index contributed by atoms with van der Waals surface area (Å²) in [5.41, 5.74) is 20.5. The van der Waals surface area contributed by atoms with E-state index in [1.165, 1.54) is 64.7 Å². The highest BCUT2D eigenvalue weighted by molar-refractivity contribution is 7.25. The van der Waals surface area contributed by atoms with Gasteiger partial charge in [0.05, 0.1) is 16.8 Å². The van der Waals surface area contributed by atoms with Crippen molar-refractivity contribution in [2.75, 3.05) is 0 Å². The molecule has 4 nitrogen and oxygen atoms in total. The Hall–Kier alpha value is -8.90. The summed E-state index contributed by atoms with van der Waals surface area (Å²) in [6, 6.07) is 77.1. The average Bonchev–Trinajstić information content (AvgIpc) is 4.24. The second kappa shape index (κ2) is 15.1. The summed E-state index contributed by atoms with van der Waals surface area (Å²) in [5.74, 6) is 0.634. The van der Waals surface area contributed by atoms with E-state index in [1.54, 1.807) is 0 Å². The highest BCUT2D eigenvalue weighted by Gasteiger charge is 2.51. The van der Waals surface area contributed by atoms with Gasteiger partial charge in [0.1, 0.15) is 22.3 Å². The molecule has 336 valence electrons. The first kappa shape index (κ1) is 39.9. The summed E-state index contributed by atoms with van der Waals surface area (Å²) >= 11 is 1.83. The van der Waals surface area contributed by atoms with Crippen LogP contribution in [0.5, 0.6) is 0 Å². The number of nitrogens with zero attached hydrogens (tertiary/aromatic N) is 2. The molecule has 10 aromatic carbocycles. The van der Waals surface area contributed by atoms with Gasteiger partial charge < -0.3 is 8.83 Å². The molecule has 0 saturated carbocycles. The molecule has 1 spiro atoms. The average molecular weight is 937 g/mol. The smallest absolute Gasteiger partial charge is 0.160 e. The molecule has 0 atom stereocenters. The van der Waals surface area contributed by atoms with Crippen molar-refractivity contribution < 1.29 is 8.83 Å². The van der Waals surface area contributed by atoms with Gasteiger partial charge in [-0.15, -0.1) is 11.3 Å². The van der Waals surface area contributed by atoms with Crippen molar-refractivity contribution >= 4 is 92.6 Å². The number of para-hydroxylation sites is 2. The van der Waals surface area contributed by atoms with E-state index in [0.717, 1.165) is 95.9 Å². The molecule has 72 heavy (non-hydrogen) atoms. The quantitative estimate of drug-likeness (QED) is 0.177. The number of fused-ring (bicyclic) bond motifs is 19. The van der Waals surface area contributed by atoms with E-state index in [-0.39, 0.29) is 0 Å². The number of amidine groups is 1. The minimum absolute atomic E-state index is 0.432. The molecule has 5 heteroatoms. The summed E-state index contributed by atoms with van der Waals surface area (Å²) < 4.78 is 15.9. The lowest BCUT2D eigenvalue weighted by atomic mass is 9.70. The van der Waals surface area contributed by atoms with E-state index in [2.05, 4.69) is 206 Å². The van der Waals surface area contributed by atoms with Crippen LogP contribution in [0.15, 0.2) is 237 Å². The van der Waals surface area contributed by atoms with Crippen LogP contribution in [0.3, 0.4) is 0 Å². The zero-order valence-electron chi connectivity index (χ0n) is 38.8. The predicted molar refractivity (Wildman–Crippen MR) is 299 cm³/mol. The monoisotopic (exact) mass is 936 g/mol. The van der Waals surface area contributed by atoms with Crippen LogP contribution in [0.4, 0.5) is 0 Å². The van der Waals surface area contributed by atoms with Crippen molar-refractivity contribution in [2.45, 2.75) is 18.3 Å². The van der Waals surface area contributed by atoms with Crippen molar-refractivity contribution in [3.8, 4) is 33.4 Å². The highest BCUT2D eigenvalue weighted by Crippen LogP contribution is 2.63. The van der Waals surface area contributed by atoms with E-state index in [0.29, 0.717) is 5.84 Å². The first-order chi connectivity index (χ1) is 35.7.